The van der Waals surface area contributed by atoms with Crippen molar-refractivity contribution in [3.05, 3.63) is 0 Å². The molecule has 0 unspecified atom stereocenters. The van der Waals surface area contributed by atoms with Crippen molar-refractivity contribution in [1.29, 1.82) is 0 Å². The van der Waals surface area contributed by atoms with Gasteiger partial charge in [0, 0.05) is 0 Å². The molecule has 0 bridgehead atoms. The number of ether oxygens (including phenoxy) is 2. The summed E-state index contributed by atoms with van der Waals surface area (Å²) in [5, 5.41) is 0. The van der Waals surface area contributed by atoms with E-state index < -0.39 is 19.6 Å². The summed E-state index contributed by atoms with van der Waals surface area (Å²) < 4.78 is 41.1. The normalized spacial score (nSPS) is 11.1. The third kappa shape index (κ3) is 7.22. The Labute approximate surface area is 54.7 Å². The van der Waals surface area contributed by atoms with E-state index in [1.54, 1.807) is 0 Å². The van der Waals surface area contributed by atoms with E-state index >= 15 is 0 Å². The van der Waals surface area contributed by atoms with E-state index in [1.165, 1.54) is 0 Å². The van der Waals surface area contributed by atoms with E-state index in [0.29, 0.717) is 0 Å². The first-order valence-corrected chi connectivity index (χ1v) is 2.19. The van der Waals surface area contributed by atoms with Crippen LogP contribution in [0.5, 0.6) is 0 Å². The molecule has 0 heterocycles. The zero-order valence-corrected chi connectivity index (χ0v) is 4.77. The van der Waals surface area contributed by atoms with Crippen LogP contribution in [0.15, 0.2) is 0 Å². The second-order valence-corrected chi connectivity index (χ2v) is 1.31. The Kier molecular flexibility index (Phi) is 3.78. The number of rotatable bonds is 4. The fourth-order valence-corrected chi connectivity index (χ4v) is 0.223. The Bertz CT molecular complexity index is 100. The van der Waals surface area contributed by atoms with Crippen molar-refractivity contribution in [2.75, 3.05) is 13.4 Å². The van der Waals surface area contributed by atoms with Gasteiger partial charge in [-0.15, -0.1) is 0 Å². The third-order valence-corrected chi connectivity index (χ3v) is 0.467. The topological polar surface area (TPSA) is 35.5 Å². The lowest BCUT2D eigenvalue weighted by Gasteiger charge is -2.04. The largest absolute Gasteiger partial charge is 0.430 e. The quantitative estimate of drug-likeness (QED) is 0.443. The maximum absolute atomic E-state index is 11.2. The van der Waals surface area contributed by atoms with Crippen LogP contribution in [0.1, 0.15) is 0 Å². The predicted octanol–water partition coefficient (Wildman–Crippen LogP) is 0.607. The molecule has 0 rings (SSSR count). The fourth-order valence-electron chi connectivity index (χ4n) is 0.223. The maximum atomic E-state index is 11.2. The van der Waals surface area contributed by atoms with Gasteiger partial charge in [-0.1, -0.05) is 0 Å². The lowest BCUT2D eigenvalue weighted by atomic mass is 10.7. The first kappa shape index (κ1) is 9.22. The highest BCUT2D eigenvalue weighted by Gasteiger charge is 2.27. The van der Waals surface area contributed by atoms with E-state index in [4.69, 9.17) is 0 Å². The van der Waals surface area contributed by atoms with Crippen molar-refractivity contribution in [3.63, 3.8) is 0 Å². The molecule has 0 spiro atoms. The van der Waals surface area contributed by atoms with E-state index in [-0.39, 0.29) is 0 Å². The van der Waals surface area contributed by atoms with Gasteiger partial charge in [0.15, 0.2) is 6.79 Å². The number of hydrogen-bond acceptors (Lipinski definition) is 3. The van der Waals surface area contributed by atoms with Gasteiger partial charge in [0.25, 0.3) is 0 Å². The molecule has 0 fully saturated rings. The summed E-state index contributed by atoms with van der Waals surface area (Å²) in [6.07, 6.45) is -4.38. The monoisotopic (exact) mass is 157 g/mol. The van der Waals surface area contributed by atoms with Crippen molar-refractivity contribution < 1.29 is 27.4 Å². The highest BCUT2D eigenvalue weighted by atomic mass is 19.4. The van der Waals surface area contributed by atoms with Crippen LogP contribution in [0.2, 0.25) is 0 Å². The number of halogens is 3. The van der Waals surface area contributed by atoms with Crippen LogP contribution in [-0.2, 0) is 14.3 Å². The second-order valence-electron chi connectivity index (χ2n) is 1.31. The number of carbonyl (C=O) groups excluding carboxylic acids is 1. The molecule has 1 radical (unpaired) electrons. The van der Waals surface area contributed by atoms with Gasteiger partial charge < -0.3 is 9.47 Å². The smallest absolute Gasteiger partial charge is 0.419 e. The summed E-state index contributed by atoms with van der Waals surface area (Å²) in [7, 11) is 0. The minimum absolute atomic E-state index is 0.719. The van der Waals surface area contributed by atoms with Crippen molar-refractivity contribution in [2.24, 2.45) is 0 Å². The average molecular weight is 157 g/mol. The molecule has 0 saturated carbocycles. The molecule has 0 atom stereocenters. The van der Waals surface area contributed by atoms with Gasteiger partial charge in [-0.25, -0.2) is 4.79 Å². The summed E-state index contributed by atoms with van der Waals surface area (Å²) in [5.41, 5.74) is 0. The van der Waals surface area contributed by atoms with Crippen molar-refractivity contribution in [1.82, 2.24) is 0 Å². The van der Waals surface area contributed by atoms with Gasteiger partial charge in [0.1, 0.15) is 6.61 Å². The van der Waals surface area contributed by atoms with Crippen LogP contribution >= 0.6 is 0 Å². The van der Waals surface area contributed by atoms with Gasteiger partial charge in [0.2, 0.25) is 0 Å². The van der Waals surface area contributed by atoms with Crippen LogP contribution in [0.25, 0.3) is 0 Å². The Hall–Kier alpha value is -0.780. The second kappa shape index (κ2) is 4.10. The van der Waals surface area contributed by atoms with Crippen LogP contribution in [0.4, 0.5) is 13.2 Å². The molecular weight excluding hydrogens is 153 g/mol. The molecule has 0 amide bonds. The molecule has 59 valence electrons. The maximum Gasteiger partial charge on any atom is 0.419 e. The molecule has 0 N–H and O–H groups in total. The molecule has 0 aliphatic rings. The first-order valence-electron chi connectivity index (χ1n) is 2.19. The van der Waals surface area contributed by atoms with E-state index in [9.17, 15) is 18.0 Å². The van der Waals surface area contributed by atoms with Gasteiger partial charge in [-0.2, -0.15) is 13.2 Å². The van der Waals surface area contributed by atoms with Crippen LogP contribution in [0, 0.1) is 0 Å². The molecule has 10 heavy (non-hydrogen) atoms. The molecule has 3 nitrogen and oxygen atoms in total. The molecule has 0 aromatic rings. The SMILES string of the molecule is O=[C]OCOCC(F)(F)F. The minimum Gasteiger partial charge on any atom is -0.430 e. The molecule has 0 aromatic carbocycles. The Morgan fingerprint density at radius 3 is 2.40 bits per heavy atom. The average Bonchev–Trinajstić information content (AvgIpc) is 1.78. The van der Waals surface area contributed by atoms with Gasteiger partial charge >= 0.3 is 12.6 Å². The molecule has 0 saturated heterocycles. The highest BCUT2D eigenvalue weighted by molar-refractivity contribution is 5.37. The van der Waals surface area contributed by atoms with E-state index in [2.05, 4.69) is 9.47 Å². The molecular formula is C4H4F3O3. The van der Waals surface area contributed by atoms with Gasteiger partial charge in [-0.3, -0.25) is 0 Å². The molecule has 6 heteroatoms. The number of hydrogen-bond donors (Lipinski definition) is 0. The third-order valence-electron chi connectivity index (χ3n) is 0.467. The zero-order valence-electron chi connectivity index (χ0n) is 4.77. The van der Waals surface area contributed by atoms with E-state index in [0.717, 1.165) is 6.47 Å². The summed E-state index contributed by atoms with van der Waals surface area (Å²) in [6.45, 7) is -1.23. The first-order chi connectivity index (χ1) is 4.56. The van der Waals surface area contributed by atoms with E-state index in [1.807, 2.05) is 0 Å². The summed E-state index contributed by atoms with van der Waals surface area (Å²) >= 11 is 0. The minimum atomic E-state index is -4.38. The zero-order chi connectivity index (χ0) is 8.04. The highest BCUT2D eigenvalue weighted by Crippen LogP contribution is 2.13. The number of alkyl halides is 3. The summed E-state index contributed by atoms with van der Waals surface area (Å²) in [4.78, 5) is 9.22. The Morgan fingerprint density at radius 2 is 2.00 bits per heavy atom. The predicted molar refractivity (Wildman–Crippen MR) is 23.7 cm³/mol. The molecule has 0 aliphatic carbocycles. The van der Waals surface area contributed by atoms with Crippen LogP contribution in [0.3, 0.4) is 0 Å². The standard InChI is InChI=1S/C4H4F3O3/c5-4(6,7)1-9-3-10-2-8/h1,3H2. The lowest BCUT2D eigenvalue weighted by Crippen LogP contribution is -2.17. The van der Waals surface area contributed by atoms with Crippen molar-refractivity contribution in [2.45, 2.75) is 6.18 Å². The van der Waals surface area contributed by atoms with Crippen molar-refractivity contribution in [3.8, 4) is 0 Å². The summed E-state index contributed by atoms with van der Waals surface area (Å²) in [5.74, 6) is 0. The Balaban J connectivity index is 3.12. The molecule has 0 aliphatic heterocycles. The van der Waals surface area contributed by atoms with Crippen LogP contribution < -0.4 is 0 Å². The van der Waals surface area contributed by atoms with Crippen molar-refractivity contribution >= 4 is 6.47 Å². The molecule has 0 aromatic heterocycles. The summed E-state index contributed by atoms with van der Waals surface area (Å²) in [6, 6.07) is 0. The fraction of sp³-hybridized carbons (Fsp3) is 0.750. The van der Waals surface area contributed by atoms with Crippen LogP contribution in [-0.4, -0.2) is 26.0 Å². The van der Waals surface area contributed by atoms with Gasteiger partial charge in [-0.05, 0) is 0 Å². The Morgan fingerprint density at radius 1 is 1.40 bits per heavy atom. The van der Waals surface area contributed by atoms with Gasteiger partial charge in [0.05, 0.1) is 0 Å². The lowest BCUT2D eigenvalue weighted by molar-refractivity contribution is -0.188.